The van der Waals surface area contributed by atoms with E-state index in [1.807, 2.05) is 30.3 Å². The Morgan fingerprint density at radius 1 is 1.06 bits per heavy atom. The van der Waals surface area contributed by atoms with Gasteiger partial charge in [0.2, 0.25) is 0 Å². The normalized spacial score (nSPS) is 12.2. The second kappa shape index (κ2) is 4.07. The monoisotopic (exact) mass is 237 g/mol. The number of benzene rings is 1. The van der Waals surface area contributed by atoms with Gasteiger partial charge in [-0.05, 0) is 12.1 Å². The van der Waals surface area contributed by atoms with Crippen molar-refractivity contribution in [1.82, 2.24) is 9.97 Å². The van der Waals surface area contributed by atoms with Crippen molar-refractivity contribution in [2.24, 2.45) is 0 Å². The number of hydrogen-bond donors (Lipinski definition) is 0. The van der Waals surface area contributed by atoms with Crippen LogP contribution in [0, 0.1) is 5.21 Å². The van der Waals surface area contributed by atoms with E-state index in [0.717, 1.165) is 32.1 Å². The first-order chi connectivity index (χ1) is 8.75. The maximum Gasteiger partial charge on any atom is 0.182 e. The molecular weight excluding hydrogens is 226 g/mol. The zero-order chi connectivity index (χ0) is 12.5. The van der Waals surface area contributed by atoms with Crippen LogP contribution in [0.15, 0.2) is 42.7 Å². The number of aromatic nitrogens is 2. The van der Waals surface area contributed by atoms with Crippen LogP contribution in [0.25, 0.3) is 21.8 Å². The second-order valence-electron chi connectivity index (χ2n) is 4.11. The summed E-state index contributed by atoms with van der Waals surface area (Å²) in [7, 11) is 1.46. The Hall–Kier alpha value is -2.49. The molecule has 0 N–H and O–H groups in total. The van der Waals surface area contributed by atoms with Crippen molar-refractivity contribution in [2.45, 2.75) is 0 Å². The lowest BCUT2D eigenvalue weighted by atomic mass is 10.1. The van der Waals surface area contributed by atoms with Gasteiger partial charge in [0.25, 0.3) is 0 Å². The molecule has 3 aromatic rings. The van der Waals surface area contributed by atoms with Gasteiger partial charge in [-0.25, -0.2) is 4.74 Å². The molecular formula is C14H11N3O. The van der Waals surface area contributed by atoms with Crippen LogP contribution in [0.3, 0.4) is 0 Å². The van der Waals surface area contributed by atoms with E-state index in [4.69, 9.17) is 0 Å². The maximum absolute atomic E-state index is 11.1. The fourth-order valence-electron chi connectivity index (χ4n) is 2.08. The van der Waals surface area contributed by atoms with Crippen molar-refractivity contribution >= 4 is 28.0 Å². The van der Waals surface area contributed by atoms with Gasteiger partial charge in [-0.1, -0.05) is 18.2 Å². The molecule has 2 aromatic heterocycles. The summed E-state index contributed by atoms with van der Waals surface area (Å²) < 4.78 is 0.789. The number of hydroxylamine groups is 1. The Bertz CT molecular complexity index is 761. The van der Waals surface area contributed by atoms with Gasteiger partial charge in [-0.15, -0.1) is 0 Å². The van der Waals surface area contributed by atoms with Crippen LogP contribution in [0.4, 0.5) is 0 Å². The summed E-state index contributed by atoms with van der Waals surface area (Å²) >= 11 is 0. The molecule has 3 rings (SSSR count). The van der Waals surface area contributed by atoms with Crippen molar-refractivity contribution < 1.29 is 4.74 Å². The van der Waals surface area contributed by atoms with Gasteiger partial charge in [0.05, 0.1) is 16.6 Å². The van der Waals surface area contributed by atoms with E-state index >= 15 is 0 Å². The Labute approximate surface area is 104 Å². The van der Waals surface area contributed by atoms with E-state index in [1.165, 1.54) is 7.05 Å². The molecule has 2 heterocycles. The van der Waals surface area contributed by atoms with Gasteiger partial charge in [-0.2, -0.15) is 0 Å². The molecule has 4 nitrogen and oxygen atoms in total. The third-order valence-electron chi connectivity index (χ3n) is 2.84. The Kier molecular flexibility index (Phi) is 2.41. The average Bonchev–Trinajstić information content (AvgIpc) is 2.38. The SMILES string of the molecule is C/[N+]([O-])=C/c1ccnc2c1ccc1cccnc12. The molecule has 0 fully saturated rings. The molecule has 0 radical (unpaired) electrons. The van der Waals surface area contributed by atoms with E-state index in [9.17, 15) is 5.21 Å². The molecule has 18 heavy (non-hydrogen) atoms. The summed E-state index contributed by atoms with van der Waals surface area (Å²) in [6, 6.07) is 9.69. The van der Waals surface area contributed by atoms with Crippen LogP contribution in [0.5, 0.6) is 0 Å². The Balaban J connectivity index is 2.43. The number of pyridine rings is 2. The fourth-order valence-corrected chi connectivity index (χ4v) is 2.08. The Morgan fingerprint density at radius 3 is 2.72 bits per heavy atom. The minimum absolute atomic E-state index is 0.789. The molecule has 0 amide bonds. The number of fused-ring (bicyclic) bond motifs is 3. The highest BCUT2D eigenvalue weighted by molar-refractivity contribution is 6.08. The molecule has 4 heteroatoms. The highest BCUT2D eigenvalue weighted by Gasteiger charge is 2.06. The van der Waals surface area contributed by atoms with Gasteiger partial charge in [-0.3, -0.25) is 9.97 Å². The van der Waals surface area contributed by atoms with Gasteiger partial charge < -0.3 is 5.21 Å². The first-order valence-corrected chi connectivity index (χ1v) is 5.63. The zero-order valence-corrected chi connectivity index (χ0v) is 9.87. The lowest BCUT2D eigenvalue weighted by molar-refractivity contribution is -0.416. The van der Waals surface area contributed by atoms with E-state index in [1.54, 1.807) is 18.6 Å². The van der Waals surface area contributed by atoms with Crippen molar-refractivity contribution in [3.05, 3.63) is 53.5 Å². The topological polar surface area (TPSA) is 51.9 Å². The van der Waals surface area contributed by atoms with Crippen LogP contribution in [0.1, 0.15) is 5.56 Å². The lowest BCUT2D eigenvalue weighted by Gasteiger charge is -2.04. The minimum atomic E-state index is 0.789. The highest BCUT2D eigenvalue weighted by Crippen LogP contribution is 2.23. The summed E-state index contributed by atoms with van der Waals surface area (Å²) in [5.41, 5.74) is 2.53. The third kappa shape index (κ3) is 1.68. The standard InChI is InChI=1S/C14H11N3O/c1-17(18)9-11-6-8-16-14-12(11)5-4-10-3-2-7-15-13(10)14/h2-9H,1H3/b17-9-. The molecule has 0 spiro atoms. The summed E-state index contributed by atoms with van der Waals surface area (Å²) in [5.74, 6) is 0. The first-order valence-electron chi connectivity index (χ1n) is 5.63. The van der Waals surface area contributed by atoms with Crippen LogP contribution in [-0.2, 0) is 0 Å². The summed E-state index contributed by atoms with van der Waals surface area (Å²) in [6.07, 6.45) is 4.99. The first kappa shape index (κ1) is 10.7. The Morgan fingerprint density at radius 2 is 1.89 bits per heavy atom. The molecule has 0 saturated heterocycles. The molecule has 0 bridgehead atoms. The largest absolute Gasteiger partial charge is 0.624 e. The zero-order valence-electron chi connectivity index (χ0n) is 9.87. The number of nitrogens with zero attached hydrogens (tertiary/aromatic N) is 3. The highest BCUT2D eigenvalue weighted by atomic mass is 16.5. The van der Waals surface area contributed by atoms with Crippen molar-refractivity contribution in [2.75, 3.05) is 7.05 Å². The molecule has 0 aliphatic carbocycles. The molecule has 0 unspecified atom stereocenters. The van der Waals surface area contributed by atoms with E-state index in [0.29, 0.717) is 0 Å². The number of rotatable bonds is 1. The smallest absolute Gasteiger partial charge is 0.182 e. The second-order valence-corrected chi connectivity index (χ2v) is 4.11. The predicted molar refractivity (Wildman–Crippen MR) is 71.8 cm³/mol. The number of hydrogen-bond acceptors (Lipinski definition) is 3. The molecule has 0 atom stereocenters. The summed E-state index contributed by atoms with van der Waals surface area (Å²) in [4.78, 5) is 8.74. The summed E-state index contributed by atoms with van der Waals surface area (Å²) in [5, 5.41) is 13.1. The predicted octanol–water partition coefficient (Wildman–Crippen LogP) is 2.34. The van der Waals surface area contributed by atoms with E-state index < -0.39 is 0 Å². The molecule has 0 aliphatic rings. The van der Waals surface area contributed by atoms with Gasteiger partial charge in [0.1, 0.15) is 7.05 Å². The quantitative estimate of drug-likeness (QED) is 0.214. The van der Waals surface area contributed by atoms with Crippen LogP contribution in [0.2, 0.25) is 0 Å². The molecule has 0 aliphatic heterocycles. The van der Waals surface area contributed by atoms with Gasteiger partial charge in [0, 0.05) is 23.2 Å². The van der Waals surface area contributed by atoms with E-state index in [-0.39, 0.29) is 0 Å². The van der Waals surface area contributed by atoms with Gasteiger partial charge >= 0.3 is 0 Å². The molecule has 1 aromatic carbocycles. The van der Waals surface area contributed by atoms with Crippen LogP contribution in [-0.4, -0.2) is 28.0 Å². The maximum atomic E-state index is 11.1. The van der Waals surface area contributed by atoms with Crippen molar-refractivity contribution in [3.63, 3.8) is 0 Å². The van der Waals surface area contributed by atoms with Crippen LogP contribution >= 0.6 is 0 Å². The van der Waals surface area contributed by atoms with Crippen molar-refractivity contribution in [1.29, 1.82) is 0 Å². The third-order valence-corrected chi connectivity index (χ3v) is 2.84. The van der Waals surface area contributed by atoms with E-state index in [2.05, 4.69) is 9.97 Å². The summed E-state index contributed by atoms with van der Waals surface area (Å²) in [6.45, 7) is 0. The molecule has 0 saturated carbocycles. The van der Waals surface area contributed by atoms with Crippen LogP contribution < -0.4 is 0 Å². The fraction of sp³-hybridized carbons (Fsp3) is 0.0714. The minimum Gasteiger partial charge on any atom is -0.624 e. The van der Waals surface area contributed by atoms with Gasteiger partial charge in [0.15, 0.2) is 6.21 Å². The van der Waals surface area contributed by atoms with Crippen molar-refractivity contribution in [3.8, 4) is 0 Å². The molecule has 88 valence electrons. The lowest BCUT2D eigenvalue weighted by Crippen LogP contribution is -1.99. The average molecular weight is 237 g/mol.